The zero-order valence-electron chi connectivity index (χ0n) is 10.9. The van der Waals surface area contributed by atoms with Crippen LogP contribution in [0, 0.1) is 0 Å². The molecular weight excluding hydrogens is 354 g/mol. The van der Waals surface area contributed by atoms with E-state index in [1.807, 2.05) is 12.1 Å². The Balaban J connectivity index is 1.69. The highest BCUT2D eigenvalue weighted by atomic mass is 79.9. The Bertz CT molecular complexity index is 613. The lowest BCUT2D eigenvalue weighted by atomic mass is 10.2. The predicted molar refractivity (Wildman–Crippen MR) is 89.6 cm³/mol. The van der Waals surface area contributed by atoms with Crippen molar-refractivity contribution in [3.63, 3.8) is 0 Å². The maximum atomic E-state index is 6.37. The third-order valence-electron chi connectivity index (χ3n) is 3.21. The fourth-order valence-corrected chi connectivity index (χ4v) is 3.72. The van der Waals surface area contributed by atoms with Crippen LogP contribution in [-0.4, -0.2) is 6.04 Å². The summed E-state index contributed by atoms with van der Waals surface area (Å²) in [5.41, 5.74) is 1.18. The first-order chi connectivity index (χ1) is 9.70. The average molecular weight is 369 g/mol. The smallest absolute Gasteiger partial charge is 0.0462 e. The van der Waals surface area contributed by atoms with E-state index in [2.05, 4.69) is 51.6 Å². The molecule has 1 fully saturated rings. The highest BCUT2D eigenvalue weighted by Gasteiger charge is 2.20. The zero-order valence-corrected chi connectivity index (χ0v) is 14.1. The summed E-state index contributed by atoms with van der Waals surface area (Å²) < 4.78 is 1.10. The largest absolute Gasteiger partial charge is 0.310 e. The Labute approximate surface area is 137 Å². The van der Waals surface area contributed by atoms with Crippen molar-refractivity contribution in [3.05, 3.63) is 57.5 Å². The lowest BCUT2D eigenvalue weighted by Gasteiger charge is -2.08. The van der Waals surface area contributed by atoms with E-state index < -0.39 is 0 Å². The van der Waals surface area contributed by atoms with Gasteiger partial charge < -0.3 is 5.32 Å². The Hall–Kier alpha value is -0.480. The van der Waals surface area contributed by atoms with Crippen molar-refractivity contribution in [1.29, 1.82) is 0 Å². The van der Waals surface area contributed by atoms with Crippen molar-refractivity contribution in [1.82, 2.24) is 5.32 Å². The molecule has 1 aliphatic rings. The summed E-state index contributed by atoms with van der Waals surface area (Å²) in [6.07, 6.45) is 2.60. The molecule has 1 saturated carbocycles. The van der Waals surface area contributed by atoms with Crippen LogP contribution in [0.25, 0.3) is 0 Å². The van der Waals surface area contributed by atoms with Crippen LogP contribution in [0.5, 0.6) is 0 Å². The minimum absolute atomic E-state index is 0.710. The van der Waals surface area contributed by atoms with Crippen LogP contribution in [0.3, 0.4) is 0 Å². The molecule has 1 N–H and O–H groups in total. The molecule has 20 heavy (non-hydrogen) atoms. The van der Waals surface area contributed by atoms with Crippen LogP contribution in [0.4, 0.5) is 0 Å². The Morgan fingerprint density at radius 3 is 2.65 bits per heavy atom. The summed E-state index contributed by atoms with van der Waals surface area (Å²) in [4.78, 5) is 2.38. The standard InChI is InChI=1S/C16H15BrClNS/c17-12-2-1-3-14(8-12)20-15-7-4-11(16(18)9-15)10-19-13-5-6-13/h1-4,7-9,13,19H,5-6,10H2. The summed E-state index contributed by atoms with van der Waals surface area (Å²) in [6, 6.07) is 15.3. The molecule has 1 aliphatic carbocycles. The molecule has 0 aromatic heterocycles. The third kappa shape index (κ3) is 4.01. The van der Waals surface area contributed by atoms with Gasteiger partial charge in [-0.25, -0.2) is 0 Å². The van der Waals surface area contributed by atoms with E-state index in [0.717, 1.165) is 16.0 Å². The molecule has 0 aliphatic heterocycles. The van der Waals surface area contributed by atoms with E-state index in [0.29, 0.717) is 6.04 Å². The molecule has 0 amide bonds. The lowest BCUT2D eigenvalue weighted by molar-refractivity contribution is 0.687. The number of nitrogens with one attached hydrogen (secondary N) is 1. The van der Waals surface area contributed by atoms with Crippen LogP contribution in [0.2, 0.25) is 5.02 Å². The predicted octanol–water partition coefficient (Wildman–Crippen LogP) is 5.51. The molecule has 2 aromatic carbocycles. The molecule has 0 unspecified atom stereocenters. The number of hydrogen-bond donors (Lipinski definition) is 1. The average Bonchev–Trinajstić information content (AvgIpc) is 3.22. The van der Waals surface area contributed by atoms with Gasteiger partial charge in [0.2, 0.25) is 0 Å². The minimum Gasteiger partial charge on any atom is -0.310 e. The molecule has 1 nitrogen and oxygen atoms in total. The van der Waals surface area contributed by atoms with Crippen molar-refractivity contribution in [2.45, 2.75) is 35.2 Å². The Morgan fingerprint density at radius 1 is 1.15 bits per heavy atom. The second-order valence-corrected chi connectivity index (χ2v) is 7.44. The van der Waals surface area contributed by atoms with E-state index >= 15 is 0 Å². The first kappa shape index (κ1) is 14.5. The maximum Gasteiger partial charge on any atom is 0.0462 e. The van der Waals surface area contributed by atoms with E-state index in [1.54, 1.807) is 11.8 Å². The highest BCUT2D eigenvalue weighted by Crippen LogP contribution is 2.32. The van der Waals surface area contributed by atoms with Gasteiger partial charge in [-0.05, 0) is 48.7 Å². The van der Waals surface area contributed by atoms with Crippen molar-refractivity contribution in [2.75, 3.05) is 0 Å². The maximum absolute atomic E-state index is 6.37. The monoisotopic (exact) mass is 367 g/mol. The molecule has 0 saturated heterocycles. The van der Waals surface area contributed by atoms with Gasteiger partial charge in [-0.1, -0.05) is 51.4 Å². The quantitative estimate of drug-likeness (QED) is 0.747. The first-order valence-electron chi connectivity index (χ1n) is 6.66. The topological polar surface area (TPSA) is 12.0 Å². The van der Waals surface area contributed by atoms with Gasteiger partial charge in [0.1, 0.15) is 0 Å². The normalized spacial score (nSPS) is 14.5. The van der Waals surface area contributed by atoms with Gasteiger partial charge in [0, 0.05) is 31.9 Å². The lowest BCUT2D eigenvalue weighted by Crippen LogP contribution is -2.15. The van der Waals surface area contributed by atoms with E-state index in [4.69, 9.17) is 11.6 Å². The van der Waals surface area contributed by atoms with Gasteiger partial charge in [0.25, 0.3) is 0 Å². The molecule has 0 atom stereocenters. The molecule has 3 rings (SSSR count). The second kappa shape index (κ2) is 6.52. The molecule has 4 heteroatoms. The van der Waals surface area contributed by atoms with Gasteiger partial charge >= 0.3 is 0 Å². The van der Waals surface area contributed by atoms with E-state index in [9.17, 15) is 0 Å². The second-order valence-electron chi connectivity index (χ2n) is 4.97. The van der Waals surface area contributed by atoms with Gasteiger partial charge in [-0.15, -0.1) is 0 Å². The van der Waals surface area contributed by atoms with Crippen molar-refractivity contribution in [3.8, 4) is 0 Å². The van der Waals surface area contributed by atoms with Crippen molar-refractivity contribution in [2.24, 2.45) is 0 Å². The summed E-state index contributed by atoms with van der Waals surface area (Å²) >= 11 is 11.6. The van der Waals surface area contributed by atoms with E-state index in [-0.39, 0.29) is 0 Å². The van der Waals surface area contributed by atoms with Crippen LogP contribution < -0.4 is 5.32 Å². The zero-order chi connectivity index (χ0) is 13.9. The van der Waals surface area contributed by atoms with Crippen LogP contribution in [0.15, 0.2) is 56.7 Å². The third-order valence-corrected chi connectivity index (χ3v) is 5.04. The number of benzene rings is 2. The van der Waals surface area contributed by atoms with Crippen LogP contribution in [0.1, 0.15) is 18.4 Å². The minimum atomic E-state index is 0.710. The van der Waals surface area contributed by atoms with Crippen molar-refractivity contribution < 1.29 is 0 Å². The molecule has 0 heterocycles. The summed E-state index contributed by atoms with van der Waals surface area (Å²) in [5, 5.41) is 4.34. The van der Waals surface area contributed by atoms with Crippen LogP contribution in [-0.2, 0) is 6.54 Å². The number of hydrogen-bond acceptors (Lipinski definition) is 2. The fraction of sp³-hybridized carbons (Fsp3) is 0.250. The Morgan fingerprint density at radius 2 is 1.95 bits per heavy atom. The van der Waals surface area contributed by atoms with E-state index in [1.165, 1.54) is 28.2 Å². The van der Waals surface area contributed by atoms with Crippen LogP contribution >= 0.6 is 39.3 Å². The van der Waals surface area contributed by atoms with Gasteiger partial charge in [0.15, 0.2) is 0 Å². The molecule has 0 radical (unpaired) electrons. The molecule has 104 valence electrons. The first-order valence-corrected chi connectivity index (χ1v) is 8.65. The molecular formula is C16H15BrClNS. The molecule has 0 spiro atoms. The fourth-order valence-electron chi connectivity index (χ4n) is 1.94. The Kier molecular flexibility index (Phi) is 4.72. The highest BCUT2D eigenvalue weighted by molar-refractivity contribution is 9.10. The van der Waals surface area contributed by atoms with Gasteiger partial charge in [0.05, 0.1) is 0 Å². The number of rotatable bonds is 5. The summed E-state index contributed by atoms with van der Waals surface area (Å²) in [7, 11) is 0. The number of halogens is 2. The van der Waals surface area contributed by atoms with Gasteiger partial charge in [-0.3, -0.25) is 0 Å². The molecule has 2 aromatic rings. The summed E-state index contributed by atoms with van der Waals surface area (Å²) in [6.45, 7) is 0.866. The molecule has 0 bridgehead atoms. The van der Waals surface area contributed by atoms with Crippen molar-refractivity contribution >= 4 is 39.3 Å². The SMILES string of the molecule is Clc1cc(Sc2cccc(Br)c2)ccc1CNC1CC1. The van der Waals surface area contributed by atoms with Gasteiger partial charge in [-0.2, -0.15) is 0 Å². The summed E-state index contributed by atoms with van der Waals surface area (Å²) in [5.74, 6) is 0.